The van der Waals surface area contributed by atoms with Crippen LogP contribution < -0.4 is 4.72 Å². The minimum absolute atomic E-state index is 0.00255. The number of hydrogen-bond acceptors (Lipinski definition) is 3. The highest BCUT2D eigenvalue weighted by Crippen LogP contribution is 2.37. The molecule has 2 N–H and O–H groups in total. The smallest absolute Gasteiger partial charge is 0.416 e. The second-order valence-electron chi connectivity index (χ2n) is 7.86. The lowest BCUT2D eigenvalue weighted by atomic mass is 10.0. The molecule has 0 aliphatic rings. The Morgan fingerprint density at radius 1 is 0.806 bits per heavy atom. The third kappa shape index (κ3) is 6.78. The molecular formula is C24H19F6NO4S. The van der Waals surface area contributed by atoms with Gasteiger partial charge in [-0.05, 0) is 66.8 Å². The SMILES string of the molecule is O=C(O)c1cccc(CCCc2ccccc2NS(=O)(=O)c2cc(C(F)(F)F)cc(C(F)(F)F)c2)c1. The summed E-state index contributed by atoms with van der Waals surface area (Å²) >= 11 is 0. The van der Waals surface area contributed by atoms with Gasteiger partial charge < -0.3 is 5.11 Å². The van der Waals surface area contributed by atoms with Gasteiger partial charge in [0.2, 0.25) is 0 Å². The van der Waals surface area contributed by atoms with Gasteiger partial charge in [0.25, 0.3) is 10.0 Å². The molecule has 0 heterocycles. The van der Waals surface area contributed by atoms with E-state index in [0.717, 1.165) is 5.56 Å². The minimum atomic E-state index is -5.19. The normalized spacial score (nSPS) is 12.4. The highest BCUT2D eigenvalue weighted by atomic mass is 32.2. The lowest BCUT2D eigenvalue weighted by Gasteiger charge is -2.16. The Kier molecular flexibility index (Phi) is 7.68. The fraction of sp³-hybridized carbons (Fsp3) is 0.208. The average molecular weight is 531 g/mol. The molecular weight excluding hydrogens is 512 g/mol. The van der Waals surface area contributed by atoms with Gasteiger partial charge in [-0.25, -0.2) is 13.2 Å². The number of aryl methyl sites for hydroxylation is 2. The molecule has 12 heteroatoms. The highest BCUT2D eigenvalue weighted by Gasteiger charge is 2.38. The van der Waals surface area contributed by atoms with Gasteiger partial charge in [0, 0.05) is 0 Å². The van der Waals surface area contributed by atoms with Gasteiger partial charge in [0.15, 0.2) is 0 Å². The van der Waals surface area contributed by atoms with Crippen molar-refractivity contribution in [1.29, 1.82) is 0 Å². The number of benzene rings is 3. The standard InChI is InChI=1S/C24H19F6NO4S/c25-23(26,27)18-12-19(24(28,29)30)14-20(13-18)36(34,35)31-21-10-2-1-7-16(21)8-3-5-15-6-4-9-17(11-15)22(32)33/h1-2,4,6-7,9-14,31H,3,5,8H2,(H,32,33). The molecule has 0 aromatic heterocycles. The number of carboxylic acids is 1. The van der Waals surface area contributed by atoms with Gasteiger partial charge in [-0.1, -0.05) is 30.3 Å². The molecule has 3 aromatic carbocycles. The molecule has 0 aliphatic carbocycles. The van der Waals surface area contributed by atoms with Crippen molar-refractivity contribution in [2.45, 2.75) is 36.5 Å². The third-order valence-corrected chi connectivity index (χ3v) is 6.56. The maximum absolute atomic E-state index is 13.1. The summed E-state index contributed by atoms with van der Waals surface area (Å²) in [6, 6.07) is 12.4. The lowest BCUT2D eigenvalue weighted by molar-refractivity contribution is -0.143. The van der Waals surface area contributed by atoms with E-state index in [0.29, 0.717) is 24.8 Å². The van der Waals surface area contributed by atoms with E-state index >= 15 is 0 Å². The summed E-state index contributed by atoms with van der Waals surface area (Å²) in [6.45, 7) is 0. The van der Waals surface area contributed by atoms with Crippen LogP contribution in [0.5, 0.6) is 0 Å². The number of para-hydroxylation sites is 1. The van der Waals surface area contributed by atoms with Crippen LogP contribution in [0.25, 0.3) is 0 Å². The number of aromatic carboxylic acids is 1. The Labute approximate surface area is 202 Å². The van der Waals surface area contributed by atoms with Crippen molar-refractivity contribution in [3.8, 4) is 0 Å². The molecule has 0 saturated heterocycles. The van der Waals surface area contributed by atoms with Crippen LogP contribution in [0.3, 0.4) is 0 Å². The molecule has 3 rings (SSSR count). The minimum Gasteiger partial charge on any atom is -0.478 e. The van der Waals surface area contributed by atoms with Crippen LogP contribution in [0, 0.1) is 0 Å². The first-order valence-electron chi connectivity index (χ1n) is 10.4. The van der Waals surface area contributed by atoms with E-state index in [9.17, 15) is 39.6 Å². The fourth-order valence-corrected chi connectivity index (χ4v) is 4.64. The van der Waals surface area contributed by atoms with Crippen molar-refractivity contribution in [3.05, 3.63) is 94.5 Å². The topological polar surface area (TPSA) is 83.5 Å². The summed E-state index contributed by atoms with van der Waals surface area (Å²) in [6.07, 6.45) is -9.18. The molecule has 36 heavy (non-hydrogen) atoms. The molecule has 0 fully saturated rings. The molecule has 5 nitrogen and oxygen atoms in total. The van der Waals surface area contributed by atoms with Gasteiger partial charge in [-0.3, -0.25) is 4.72 Å². The van der Waals surface area contributed by atoms with E-state index in [4.69, 9.17) is 5.11 Å². The average Bonchev–Trinajstić information content (AvgIpc) is 2.79. The lowest BCUT2D eigenvalue weighted by Crippen LogP contribution is -2.18. The summed E-state index contributed by atoms with van der Waals surface area (Å²) in [5, 5.41) is 9.08. The van der Waals surface area contributed by atoms with Crippen LogP contribution >= 0.6 is 0 Å². The molecule has 3 aromatic rings. The van der Waals surface area contributed by atoms with E-state index in [1.807, 2.05) is 0 Å². The Balaban J connectivity index is 1.85. The van der Waals surface area contributed by atoms with Gasteiger partial charge in [-0.15, -0.1) is 0 Å². The third-order valence-electron chi connectivity index (χ3n) is 5.22. The number of sulfonamides is 1. The van der Waals surface area contributed by atoms with Crippen molar-refractivity contribution in [3.63, 3.8) is 0 Å². The molecule has 0 saturated carbocycles. The number of nitrogens with one attached hydrogen (secondary N) is 1. The Hall–Kier alpha value is -3.54. The number of carbonyl (C=O) groups is 1. The number of alkyl halides is 6. The van der Waals surface area contributed by atoms with Crippen LogP contribution in [0.15, 0.2) is 71.6 Å². The first kappa shape index (κ1) is 27.1. The van der Waals surface area contributed by atoms with Gasteiger partial charge in [0.05, 0.1) is 27.3 Å². The second kappa shape index (κ2) is 10.2. The quantitative estimate of drug-likeness (QED) is 0.330. The van der Waals surface area contributed by atoms with Crippen LogP contribution in [-0.2, 0) is 35.2 Å². The first-order chi connectivity index (χ1) is 16.7. The summed E-state index contributed by atoms with van der Waals surface area (Å²) in [4.78, 5) is 9.93. The van der Waals surface area contributed by atoms with Crippen molar-refractivity contribution < 1.29 is 44.7 Å². The van der Waals surface area contributed by atoms with Crippen molar-refractivity contribution >= 4 is 21.7 Å². The predicted octanol–water partition coefficient (Wildman–Crippen LogP) is 6.40. The number of hydrogen-bond donors (Lipinski definition) is 2. The molecule has 0 amide bonds. The molecule has 0 radical (unpaired) electrons. The Morgan fingerprint density at radius 2 is 1.42 bits per heavy atom. The van der Waals surface area contributed by atoms with Crippen molar-refractivity contribution in [2.24, 2.45) is 0 Å². The zero-order valence-corrected chi connectivity index (χ0v) is 19.1. The zero-order chi connectivity index (χ0) is 26.7. The second-order valence-corrected chi connectivity index (χ2v) is 9.55. The van der Waals surface area contributed by atoms with Crippen molar-refractivity contribution in [2.75, 3.05) is 4.72 Å². The molecule has 0 unspecified atom stereocenters. The molecule has 192 valence electrons. The maximum Gasteiger partial charge on any atom is 0.416 e. The monoisotopic (exact) mass is 531 g/mol. The summed E-state index contributed by atoms with van der Waals surface area (Å²) in [5.74, 6) is -1.08. The van der Waals surface area contributed by atoms with E-state index in [-0.39, 0.29) is 29.4 Å². The molecule has 0 bridgehead atoms. The Morgan fingerprint density at radius 3 is 2.00 bits per heavy atom. The van der Waals surface area contributed by atoms with Crippen LogP contribution in [-0.4, -0.2) is 19.5 Å². The van der Waals surface area contributed by atoms with Crippen LogP contribution in [0.1, 0.15) is 39.0 Å². The fourth-order valence-electron chi connectivity index (χ4n) is 3.47. The number of halogens is 6. The predicted molar refractivity (Wildman–Crippen MR) is 119 cm³/mol. The van der Waals surface area contributed by atoms with Crippen LogP contribution in [0.4, 0.5) is 32.0 Å². The van der Waals surface area contributed by atoms with Gasteiger partial charge >= 0.3 is 18.3 Å². The molecule has 0 spiro atoms. The van der Waals surface area contributed by atoms with Crippen LogP contribution in [0.2, 0.25) is 0 Å². The number of rotatable bonds is 8. The summed E-state index contributed by atoms with van der Waals surface area (Å²) in [5.41, 5.74) is -2.18. The zero-order valence-electron chi connectivity index (χ0n) is 18.3. The Bertz CT molecular complexity index is 1340. The first-order valence-corrected chi connectivity index (χ1v) is 11.9. The van der Waals surface area contributed by atoms with Gasteiger partial charge in [0.1, 0.15) is 0 Å². The largest absolute Gasteiger partial charge is 0.478 e. The van der Waals surface area contributed by atoms with E-state index in [2.05, 4.69) is 4.72 Å². The van der Waals surface area contributed by atoms with E-state index in [1.165, 1.54) is 24.3 Å². The van der Waals surface area contributed by atoms with E-state index < -0.39 is 44.4 Å². The highest BCUT2D eigenvalue weighted by molar-refractivity contribution is 7.92. The van der Waals surface area contributed by atoms with Crippen molar-refractivity contribution in [1.82, 2.24) is 0 Å². The van der Waals surface area contributed by atoms with Gasteiger partial charge in [-0.2, -0.15) is 26.3 Å². The maximum atomic E-state index is 13.1. The number of carboxylic acid groups (broad SMARTS) is 1. The number of anilines is 1. The van der Waals surface area contributed by atoms with E-state index in [1.54, 1.807) is 24.3 Å². The summed E-state index contributed by atoms with van der Waals surface area (Å²) in [7, 11) is -4.81. The summed E-state index contributed by atoms with van der Waals surface area (Å²) < 4.78 is 107. The molecule has 0 aliphatic heterocycles. The molecule has 0 atom stereocenters.